The molecule has 2 fully saturated rings. The molecule has 2 aliphatic rings. The Hall–Kier alpha value is -3.19. The summed E-state index contributed by atoms with van der Waals surface area (Å²) in [7, 11) is 0. The van der Waals surface area contributed by atoms with Crippen molar-refractivity contribution in [2.24, 2.45) is 0 Å². The van der Waals surface area contributed by atoms with E-state index in [1.54, 1.807) is 4.90 Å². The first kappa shape index (κ1) is 19.8. The maximum Gasteiger partial charge on any atom is 0.210 e. The molecule has 3 aromatic rings. The first-order chi connectivity index (χ1) is 15.2. The van der Waals surface area contributed by atoms with E-state index < -0.39 is 0 Å². The zero-order valence-corrected chi connectivity index (χ0v) is 17.3. The fourth-order valence-electron chi connectivity index (χ4n) is 4.75. The van der Waals surface area contributed by atoms with Gasteiger partial charge >= 0.3 is 0 Å². The molecule has 6 nitrogen and oxygen atoms in total. The summed E-state index contributed by atoms with van der Waals surface area (Å²) < 4.78 is 20.7. The van der Waals surface area contributed by atoms with E-state index in [0.29, 0.717) is 30.1 Å². The molecule has 5 rings (SSSR count). The third kappa shape index (κ3) is 3.59. The number of likely N-dealkylation sites (tertiary alicyclic amines) is 1. The van der Waals surface area contributed by atoms with Crippen LogP contribution in [0.4, 0.5) is 15.9 Å². The van der Waals surface area contributed by atoms with Crippen LogP contribution in [0.1, 0.15) is 24.4 Å². The Morgan fingerprint density at radius 2 is 1.90 bits per heavy atom. The van der Waals surface area contributed by atoms with Gasteiger partial charge in [-0.2, -0.15) is 0 Å². The van der Waals surface area contributed by atoms with Crippen molar-refractivity contribution in [3.05, 3.63) is 53.8 Å². The van der Waals surface area contributed by atoms with Crippen LogP contribution in [-0.4, -0.2) is 49.1 Å². The number of hydrogen-bond acceptors (Lipinski definition) is 5. The predicted octanol–water partition coefficient (Wildman–Crippen LogP) is 3.75. The number of amides is 1. The fourth-order valence-corrected chi connectivity index (χ4v) is 4.75. The highest BCUT2D eigenvalue weighted by atomic mass is 19.1. The molecule has 2 N–H and O–H groups in total. The van der Waals surface area contributed by atoms with Gasteiger partial charge in [0, 0.05) is 36.7 Å². The summed E-state index contributed by atoms with van der Waals surface area (Å²) in [5.41, 5.74) is 9.88. The first-order valence-electron chi connectivity index (χ1n) is 10.7. The lowest BCUT2D eigenvalue weighted by Gasteiger charge is -2.29. The van der Waals surface area contributed by atoms with E-state index >= 15 is 4.39 Å². The Kier molecular flexibility index (Phi) is 5.19. The van der Waals surface area contributed by atoms with E-state index in [-0.39, 0.29) is 11.9 Å². The van der Waals surface area contributed by atoms with Crippen LogP contribution in [0.3, 0.4) is 0 Å². The molecular weight excluding hydrogens is 395 g/mol. The summed E-state index contributed by atoms with van der Waals surface area (Å²) in [6.07, 6.45) is 2.72. The minimum Gasteiger partial charge on any atom is -0.382 e. The number of morpholine rings is 1. The summed E-state index contributed by atoms with van der Waals surface area (Å²) in [4.78, 5) is 19.9. The van der Waals surface area contributed by atoms with Gasteiger partial charge in [-0.25, -0.2) is 9.37 Å². The van der Waals surface area contributed by atoms with Crippen molar-refractivity contribution in [1.82, 2.24) is 9.88 Å². The SMILES string of the molecule is Nc1nc2cc(F)c(-c3ccccc3C3CCCN3C=O)cc2cc1N1CCOCC1. The van der Waals surface area contributed by atoms with Gasteiger partial charge in [-0.3, -0.25) is 4.79 Å². The highest BCUT2D eigenvalue weighted by Crippen LogP contribution is 2.39. The number of benzene rings is 2. The standard InChI is InChI=1S/C24H25FN4O2/c25-20-14-21-16(13-23(24(26)27-21)28-8-10-31-11-9-28)12-19(20)17-4-1-2-5-18(17)22-6-3-7-29(22)15-30/h1-2,4-5,12-15,22H,3,6-11H2,(H2,26,27). The van der Waals surface area contributed by atoms with Crippen molar-refractivity contribution >= 4 is 28.8 Å². The number of nitrogen functional groups attached to an aromatic ring is 1. The highest BCUT2D eigenvalue weighted by Gasteiger charge is 2.27. The maximum absolute atomic E-state index is 15.2. The van der Waals surface area contributed by atoms with Crippen LogP contribution in [0.25, 0.3) is 22.0 Å². The number of rotatable bonds is 4. The number of ether oxygens (including phenoxy) is 1. The quantitative estimate of drug-likeness (QED) is 0.651. The molecule has 0 aliphatic carbocycles. The van der Waals surface area contributed by atoms with Gasteiger partial charge in [-0.1, -0.05) is 24.3 Å². The molecule has 3 heterocycles. The van der Waals surface area contributed by atoms with Crippen LogP contribution in [0.2, 0.25) is 0 Å². The number of aromatic nitrogens is 1. The zero-order valence-electron chi connectivity index (χ0n) is 17.3. The second kappa shape index (κ2) is 8.15. The molecule has 2 saturated heterocycles. The minimum absolute atomic E-state index is 0.0303. The van der Waals surface area contributed by atoms with Crippen molar-refractivity contribution < 1.29 is 13.9 Å². The Balaban J connectivity index is 1.62. The molecule has 0 bridgehead atoms. The Labute approximate surface area is 180 Å². The van der Waals surface area contributed by atoms with Crippen LogP contribution in [0.5, 0.6) is 0 Å². The number of carbonyl (C=O) groups excluding carboxylic acids is 1. The summed E-state index contributed by atoms with van der Waals surface area (Å²) in [6.45, 7) is 3.52. The topological polar surface area (TPSA) is 71.7 Å². The summed E-state index contributed by atoms with van der Waals surface area (Å²) in [5, 5.41) is 0.834. The number of nitrogens with two attached hydrogens (primary N) is 1. The number of anilines is 2. The number of nitrogens with zero attached hydrogens (tertiary/aromatic N) is 3. The van der Waals surface area contributed by atoms with Gasteiger partial charge in [0.25, 0.3) is 0 Å². The molecule has 0 saturated carbocycles. The van der Waals surface area contributed by atoms with E-state index in [9.17, 15) is 4.79 Å². The zero-order chi connectivity index (χ0) is 21.4. The molecule has 160 valence electrons. The van der Waals surface area contributed by atoms with E-state index in [2.05, 4.69) is 9.88 Å². The summed E-state index contributed by atoms with van der Waals surface area (Å²) in [6, 6.07) is 13.0. The lowest BCUT2D eigenvalue weighted by atomic mass is 9.92. The van der Waals surface area contributed by atoms with E-state index in [4.69, 9.17) is 10.5 Å². The normalized spacial score (nSPS) is 19.2. The Morgan fingerprint density at radius 1 is 1.10 bits per heavy atom. The molecular formula is C24H25FN4O2. The van der Waals surface area contributed by atoms with Gasteiger partial charge in [-0.05, 0) is 36.1 Å². The van der Waals surface area contributed by atoms with Crippen molar-refractivity contribution in [3.8, 4) is 11.1 Å². The third-order valence-electron chi connectivity index (χ3n) is 6.30. The molecule has 31 heavy (non-hydrogen) atoms. The largest absolute Gasteiger partial charge is 0.382 e. The Bertz CT molecular complexity index is 1130. The molecule has 2 aromatic carbocycles. The number of halogens is 1. The van der Waals surface area contributed by atoms with Gasteiger partial charge in [0.2, 0.25) is 6.41 Å². The molecule has 1 aromatic heterocycles. The van der Waals surface area contributed by atoms with Crippen LogP contribution >= 0.6 is 0 Å². The summed E-state index contributed by atoms with van der Waals surface area (Å²) >= 11 is 0. The van der Waals surface area contributed by atoms with Crippen LogP contribution < -0.4 is 10.6 Å². The van der Waals surface area contributed by atoms with Crippen LogP contribution in [0.15, 0.2) is 42.5 Å². The fraction of sp³-hybridized carbons (Fsp3) is 0.333. The molecule has 7 heteroatoms. The van der Waals surface area contributed by atoms with E-state index in [0.717, 1.165) is 61.1 Å². The summed E-state index contributed by atoms with van der Waals surface area (Å²) in [5.74, 6) is 0.0520. The smallest absolute Gasteiger partial charge is 0.210 e. The second-order valence-electron chi connectivity index (χ2n) is 8.11. The van der Waals surface area contributed by atoms with Gasteiger partial charge in [0.05, 0.1) is 30.5 Å². The third-order valence-corrected chi connectivity index (χ3v) is 6.30. The predicted molar refractivity (Wildman–Crippen MR) is 119 cm³/mol. The maximum atomic E-state index is 15.2. The molecule has 2 aliphatic heterocycles. The van der Waals surface area contributed by atoms with Crippen LogP contribution in [0, 0.1) is 5.82 Å². The molecule has 1 atom stereocenters. The van der Waals surface area contributed by atoms with Crippen LogP contribution in [-0.2, 0) is 9.53 Å². The van der Waals surface area contributed by atoms with Crippen molar-refractivity contribution in [3.63, 3.8) is 0 Å². The number of pyridine rings is 1. The lowest BCUT2D eigenvalue weighted by molar-refractivity contribution is -0.118. The molecule has 1 amide bonds. The lowest BCUT2D eigenvalue weighted by Crippen LogP contribution is -2.36. The monoisotopic (exact) mass is 420 g/mol. The van der Waals surface area contributed by atoms with Gasteiger partial charge < -0.3 is 20.3 Å². The van der Waals surface area contributed by atoms with Crippen molar-refractivity contribution in [1.29, 1.82) is 0 Å². The second-order valence-corrected chi connectivity index (χ2v) is 8.11. The van der Waals surface area contributed by atoms with Crippen molar-refractivity contribution in [2.75, 3.05) is 43.5 Å². The number of carbonyl (C=O) groups is 1. The highest BCUT2D eigenvalue weighted by molar-refractivity contribution is 5.90. The van der Waals surface area contributed by atoms with Gasteiger partial charge in [0.15, 0.2) is 0 Å². The number of hydrogen-bond donors (Lipinski definition) is 1. The average Bonchev–Trinajstić information content (AvgIpc) is 3.28. The molecule has 0 radical (unpaired) electrons. The van der Waals surface area contributed by atoms with Gasteiger partial charge in [0.1, 0.15) is 11.6 Å². The van der Waals surface area contributed by atoms with Crippen molar-refractivity contribution in [2.45, 2.75) is 18.9 Å². The minimum atomic E-state index is -0.346. The number of fused-ring (bicyclic) bond motifs is 1. The van der Waals surface area contributed by atoms with E-state index in [1.165, 1.54) is 6.07 Å². The average molecular weight is 420 g/mol. The first-order valence-corrected chi connectivity index (χ1v) is 10.7. The Morgan fingerprint density at radius 3 is 2.71 bits per heavy atom. The molecule has 1 unspecified atom stereocenters. The van der Waals surface area contributed by atoms with E-state index in [1.807, 2.05) is 36.4 Å². The van der Waals surface area contributed by atoms with Gasteiger partial charge in [-0.15, -0.1) is 0 Å². The molecule has 0 spiro atoms.